The molecule has 0 atom stereocenters. The Morgan fingerprint density at radius 2 is 1.52 bits per heavy atom. The van der Waals surface area contributed by atoms with E-state index < -0.39 is 0 Å². The van der Waals surface area contributed by atoms with E-state index in [1.54, 1.807) is 24.5 Å². The van der Waals surface area contributed by atoms with Gasteiger partial charge in [0.1, 0.15) is 11.5 Å². The molecule has 0 aliphatic carbocycles. The minimum atomic E-state index is -0.247. The van der Waals surface area contributed by atoms with Crippen molar-refractivity contribution in [3.8, 4) is 22.4 Å². The van der Waals surface area contributed by atoms with Crippen LogP contribution >= 0.6 is 0 Å². The second-order valence-corrected chi connectivity index (χ2v) is 6.51. The van der Waals surface area contributed by atoms with Gasteiger partial charge in [0.25, 0.3) is 0 Å². The number of H-pyrrole nitrogens is 1. The zero-order chi connectivity index (χ0) is 18.5. The maximum atomic E-state index is 13.3. The number of aryl methyl sites for hydroxylation is 2. The zero-order valence-electron chi connectivity index (χ0n) is 14.9. The molecule has 0 amide bonds. The Kier molecular flexibility index (Phi) is 5.06. The molecular weight excluding hydrogens is 337 g/mol. The summed E-state index contributed by atoms with van der Waals surface area (Å²) in [4.78, 5) is 4.12. The highest BCUT2D eigenvalue weighted by molar-refractivity contribution is 5.82. The maximum absolute atomic E-state index is 13.3. The van der Waals surface area contributed by atoms with Crippen LogP contribution in [0, 0.1) is 5.82 Å². The Balaban J connectivity index is 1.64. The number of pyridine rings is 1. The van der Waals surface area contributed by atoms with Crippen molar-refractivity contribution in [2.24, 2.45) is 0 Å². The number of hydrogen-bond donors (Lipinski definition) is 1. The molecule has 0 fully saturated rings. The first-order chi connectivity index (χ1) is 13.3. The van der Waals surface area contributed by atoms with Crippen LogP contribution in [0.3, 0.4) is 0 Å². The lowest BCUT2D eigenvalue weighted by Gasteiger charge is -2.07. The molecule has 1 N–H and O–H groups in total. The molecule has 134 valence electrons. The van der Waals surface area contributed by atoms with E-state index in [9.17, 15) is 4.39 Å². The number of nitrogens with zero attached hydrogens (tertiary/aromatic N) is 2. The Morgan fingerprint density at radius 1 is 0.778 bits per heavy atom. The van der Waals surface area contributed by atoms with Crippen molar-refractivity contribution in [2.75, 3.05) is 0 Å². The normalized spacial score (nSPS) is 10.9. The average Bonchev–Trinajstić information content (AvgIpc) is 3.14. The summed E-state index contributed by atoms with van der Waals surface area (Å²) in [6.07, 6.45) is 6.49. The molecule has 4 aromatic rings. The molecule has 0 saturated heterocycles. The summed E-state index contributed by atoms with van der Waals surface area (Å²) in [5.41, 5.74) is 6.30. The Morgan fingerprint density at radius 3 is 2.26 bits per heavy atom. The summed E-state index contributed by atoms with van der Waals surface area (Å²) in [6.45, 7) is 0. The lowest BCUT2D eigenvalue weighted by molar-refractivity contribution is 0.628. The van der Waals surface area contributed by atoms with Crippen molar-refractivity contribution < 1.29 is 4.39 Å². The molecule has 0 bridgehead atoms. The third-order valence-corrected chi connectivity index (χ3v) is 4.66. The van der Waals surface area contributed by atoms with E-state index in [2.05, 4.69) is 39.4 Å². The van der Waals surface area contributed by atoms with Crippen molar-refractivity contribution in [3.63, 3.8) is 0 Å². The van der Waals surface area contributed by atoms with E-state index in [1.165, 1.54) is 17.7 Å². The molecule has 4 heteroatoms. The Labute approximate surface area is 157 Å². The molecule has 0 radical (unpaired) electrons. The Bertz CT molecular complexity index is 993. The maximum Gasteiger partial charge on any atom is 0.123 e. The molecule has 2 aromatic carbocycles. The topological polar surface area (TPSA) is 41.6 Å². The van der Waals surface area contributed by atoms with Gasteiger partial charge < -0.3 is 0 Å². The zero-order valence-corrected chi connectivity index (χ0v) is 14.9. The molecule has 0 aliphatic rings. The van der Waals surface area contributed by atoms with Gasteiger partial charge in [0.2, 0.25) is 0 Å². The first kappa shape index (κ1) is 17.2. The SMILES string of the molecule is Fc1ccc(-c2n[nH]c(CCCc3ccccc3)c2-c2ccncc2)cc1. The second kappa shape index (κ2) is 7.96. The largest absolute Gasteiger partial charge is 0.281 e. The molecule has 3 nitrogen and oxygen atoms in total. The van der Waals surface area contributed by atoms with Crippen molar-refractivity contribution in [3.05, 3.63) is 96.2 Å². The highest BCUT2D eigenvalue weighted by Gasteiger charge is 2.16. The lowest BCUT2D eigenvalue weighted by atomic mass is 9.97. The van der Waals surface area contributed by atoms with Crippen LogP contribution in [0.25, 0.3) is 22.4 Å². The molecule has 0 aliphatic heterocycles. The fraction of sp³-hybridized carbons (Fsp3) is 0.130. The first-order valence-electron chi connectivity index (χ1n) is 9.09. The van der Waals surface area contributed by atoms with Gasteiger partial charge >= 0.3 is 0 Å². The van der Waals surface area contributed by atoms with Crippen molar-refractivity contribution in [1.82, 2.24) is 15.2 Å². The van der Waals surface area contributed by atoms with E-state index in [0.29, 0.717) is 0 Å². The number of aromatic amines is 1. The molecule has 27 heavy (non-hydrogen) atoms. The van der Waals surface area contributed by atoms with Crippen LogP contribution in [0.4, 0.5) is 4.39 Å². The minimum absolute atomic E-state index is 0.247. The number of halogens is 1. The molecule has 4 rings (SSSR count). The van der Waals surface area contributed by atoms with Crippen LogP contribution in [-0.2, 0) is 12.8 Å². The fourth-order valence-corrected chi connectivity index (χ4v) is 3.32. The smallest absolute Gasteiger partial charge is 0.123 e. The Hall–Kier alpha value is -3.27. The third kappa shape index (κ3) is 3.95. The van der Waals surface area contributed by atoms with Crippen molar-refractivity contribution in [2.45, 2.75) is 19.3 Å². The van der Waals surface area contributed by atoms with Crippen LogP contribution in [-0.4, -0.2) is 15.2 Å². The summed E-state index contributed by atoms with van der Waals surface area (Å²) in [5.74, 6) is -0.247. The van der Waals surface area contributed by atoms with Gasteiger partial charge in [-0.25, -0.2) is 4.39 Å². The predicted molar refractivity (Wildman–Crippen MR) is 106 cm³/mol. The van der Waals surface area contributed by atoms with Gasteiger partial charge in [-0.1, -0.05) is 30.3 Å². The summed E-state index contributed by atoms with van der Waals surface area (Å²) in [5, 5.41) is 7.76. The van der Waals surface area contributed by atoms with Crippen LogP contribution in [0.2, 0.25) is 0 Å². The quantitative estimate of drug-likeness (QED) is 0.498. The molecule has 0 saturated carbocycles. The molecular formula is C23H20FN3. The molecule has 2 heterocycles. The predicted octanol–water partition coefficient (Wildman–Crippen LogP) is 5.45. The number of aromatic nitrogens is 3. The lowest BCUT2D eigenvalue weighted by Crippen LogP contribution is -1.93. The highest BCUT2D eigenvalue weighted by atomic mass is 19.1. The summed E-state index contributed by atoms with van der Waals surface area (Å²) in [6, 6.07) is 20.9. The second-order valence-electron chi connectivity index (χ2n) is 6.51. The van der Waals surface area contributed by atoms with Crippen LogP contribution in [0.1, 0.15) is 17.7 Å². The molecule has 0 unspecified atom stereocenters. The minimum Gasteiger partial charge on any atom is -0.281 e. The van der Waals surface area contributed by atoms with E-state index in [4.69, 9.17) is 0 Å². The number of hydrogen-bond acceptors (Lipinski definition) is 2. The van der Waals surface area contributed by atoms with Crippen molar-refractivity contribution in [1.29, 1.82) is 0 Å². The van der Waals surface area contributed by atoms with Crippen LogP contribution < -0.4 is 0 Å². The van der Waals surface area contributed by atoms with Gasteiger partial charge in [-0.05, 0) is 66.8 Å². The molecule has 2 aromatic heterocycles. The van der Waals surface area contributed by atoms with Gasteiger partial charge in [0.15, 0.2) is 0 Å². The monoisotopic (exact) mass is 357 g/mol. The highest BCUT2D eigenvalue weighted by Crippen LogP contribution is 2.33. The first-order valence-corrected chi connectivity index (χ1v) is 9.09. The number of benzene rings is 2. The summed E-state index contributed by atoms with van der Waals surface area (Å²) < 4.78 is 13.3. The van der Waals surface area contributed by atoms with E-state index >= 15 is 0 Å². The fourth-order valence-electron chi connectivity index (χ4n) is 3.32. The average molecular weight is 357 g/mol. The van der Waals surface area contributed by atoms with Gasteiger partial charge in [-0.15, -0.1) is 0 Å². The standard InChI is InChI=1S/C23H20FN3/c24-20-11-9-19(10-12-20)23-22(18-13-15-25-16-14-18)21(26-27-23)8-4-7-17-5-2-1-3-6-17/h1-3,5-6,9-16H,4,7-8H2,(H,26,27). The van der Waals surface area contributed by atoms with Gasteiger partial charge in [0, 0.05) is 29.2 Å². The van der Waals surface area contributed by atoms with Gasteiger partial charge in [0.05, 0.1) is 0 Å². The third-order valence-electron chi connectivity index (χ3n) is 4.66. The van der Waals surface area contributed by atoms with Crippen LogP contribution in [0.15, 0.2) is 79.1 Å². The number of rotatable bonds is 6. The van der Waals surface area contributed by atoms with Gasteiger partial charge in [-0.2, -0.15) is 5.10 Å². The van der Waals surface area contributed by atoms with Crippen molar-refractivity contribution >= 4 is 0 Å². The van der Waals surface area contributed by atoms with Crippen LogP contribution in [0.5, 0.6) is 0 Å². The molecule has 0 spiro atoms. The number of nitrogens with one attached hydrogen (secondary N) is 1. The summed E-state index contributed by atoms with van der Waals surface area (Å²) >= 11 is 0. The summed E-state index contributed by atoms with van der Waals surface area (Å²) in [7, 11) is 0. The van der Waals surface area contributed by atoms with Gasteiger partial charge in [-0.3, -0.25) is 10.1 Å². The van der Waals surface area contributed by atoms with E-state index in [-0.39, 0.29) is 5.82 Å². The van der Waals surface area contributed by atoms with E-state index in [0.717, 1.165) is 47.3 Å². The van der Waals surface area contributed by atoms with E-state index in [1.807, 2.05) is 18.2 Å².